The van der Waals surface area contributed by atoms with Crippen molar-refractivity contribution in [1.29, 1.82) is 0 Å². The van der Waals surface area contributed by atoms with Gasteiger partial charge in [-0.25, -0.2) is 4.79 Å². The van der Waals surface area contributed by atoms with E-state index in [4.69, 9.17) is 9.47 Å². The van der Waals surface area contributed by atoms with Crippen LogP contribution in [-0.2, 0) is 16.6 Å². The monoisotopic (exact) mass is 360 g/mol. The van der Waals surface area contributed by atoms with Gasteiger partial charge in [0.05, 0.1) is 24.8 Å². The quantitative estimate of drug-likeness (QED) is 0.788. The van der Waals surface area contributed by atoms with E-state index < -0.39 is 12.1 Å². The summed E-state index contributed by atoms with van der Waals surface area (Å²) in [6.07, 6.45) is 4.24. The van der Waals surface area contributed by atoms with E-state index in [1.54, 1.807) is 0 Å². The maximum atomic E-state index is 12.6. The molecule has 0 saturated heterocycles. The Morgan fingerprint density at radius 1 is 1.27 bits per heavy atom. The van der Waals surface area contributed by atoms with Crippen LogP contribution in [0.25, 0.3) is 0 Å². The van der Waals surface area contributed by atoms with Crippen LogP contribution in [0.5, 0.6) is 11.5 Å². The summed E-state index contributed by atoms with van der Waals surface area (Å²) < 4.78 is 10.9. The lowest BCUT2D eigenvalue weighted by molar-refractivity contribution is 0.0229. The Balaban J connectivity index is 2.02. The van der Waals surface area contributed by atoms with Crippen molar-refractivity contribution >= 4 is 5.97 Å². The fourth-order valence-electron chi connectivity index (χ4n) is 6.19. The lowest BCUT2D eigenvalue weighted by Gasteiger charge is -2.54. The summed E-state index contributed by atoms with van der Waals surface area (Å²) in [5.74, 6) is 0.443. The largest absolute Gasteiger partial charge is 0.504 e. The van der Waals surface area contributed by atoms with Gasteiger partial charge in [0.15, 0.2) is 17.6 Å². The van der Waals surface area contributed by atoms with Crippen LogP contribution in [-0.4, -0.2) is 29.9 Å². The summed E-state index contributed by atoms with van der Waals surface area (Å²) in [5, 5.41) is 20.8. The van der Waals surface area contributed by atoms with Gasteiger partial charge >= 0.3 is 5.97 Å². The maximum Gasteiger partial charge on any atom is 0.339 e. The maximum absolute atomic E-state index is 12.6. The first-order chi connectivity index (χ1) is 12.3. The van der Waals surface area contributed by atoms with Crippen LogP contribution in [0.4, 0.5) is 0 Å². The lowest BCUT2D eigenvalue weighted by Crippen LogP contribution is -2.48. The van der Waals surface area contributed by atoms with Crippen molar-refractivity contribution in [2.45, 2.75) is 64.4 Å². The van der Waals surface area contributed by atoms with Crippen LogP contribution in [0.3, 0.4) is 0 Å². The molecule has 1 saturated carbocycles. The van der Waals surface area contributed by atoms with Crippen LogP contribution in [0.2, 0.25) is 0 Å². The van der Waals surface area contributed by atoms with Gasteiger partial charge in [0.25, 0.3) is 0 Å². The Kier molecular flexibility index (Phi) is 3.82. The second kappa shape index (κ2) is 5.62. The molecule has 0 amide bonds. The average Bonchev–Trinajstić information content (AvgIpc) is 2.90. The van der Waals surface area contributed by atoms with Gasteiger partial charge in [-0.15, -0.1) is 0 Å². The number of fused-ring (bicyclic) bond motifs is 5. The molecule has 0 spiro atoms. The van der Waals surface area contributed by atoms with Gasteiger partial charge in [0.1, 0.15) is 0 Å². The van der Waals surface area contributed by atoms with Crippen molar-refractivity contribution in [3.05, 3.63) is 22.3 Å². The molecule has 0 aromatic heterocycles. The van der Waals surface area contributed by atoms with Crippen LogP contribution >= 0.6 is 0 Å². The van der Waals surface area contributed by atoms with E-state index >= 15 is 0 Å². The number of benzene rings is 1. The number of rotatable bonds is 2. The highest BCUT2D eigenvalue weighted by Gasteiger charge is 2.53. The minimum atomic E-state index is -0.767. The minimum absolute atomic E-state index is 0.128. The molecule has 0 unspecified atom stereocenters. The smallest absolute Gasteiger partial charge is 0.339 e. The number of aliphatic hydroxyl groups excluding tert-OH is 1. The van der Waals surface area contributed by atoms with E-state index in [0.717, 1.165) is 36.8 Å². The third-order valence-corrected chi connectivity index (χ3v) is 7.20. The van der Waals surface area contributed by atoms with Gasteiger partial charge in [-0.3, -0.25) is 0 Å². The minimum Gasteiger partial charge on any atom is -0.504 e. The zero-order valence-electron chi connectivity index (χ0n) is 16.0. The number of hydrogen-bond acceptors (Lipinski definition) is 5. The zero-order chi connectivity index (χ0) is 18.9. The van der Waals surface area contributed by atoms with Crippen LogP contribution < -0.4 is 4.74 Å². The number of cyclic esters (lactones) is 1. The van der Waals surface area contributed by atoms with Gasteiger partial charge in [-0.05, 0) is 48.0 Å². The lowest BCUT2D eigenvalue weighted by atomic mass is 9.50. The molecule has 0 radical (unpaired) electrons. The van der Waals surface area contributed by atoms with E-state index in [-0.39, 0.29) is 28.9 Å². The number of aromatic hydroxyl groups is 1. The molecule has 3 aliphatic rings. The highest BCUT2D eigenvalue weighted by atomic mass is 16.6. The second-order valence-electron chi connectivity index (χ2n) is 8.95. The third-order valence-electron chi connectivity index (χ3n) is 7.20. The Morgan fingerprint density at radius 3 is 2.65 bits per heavy atom. The van der Waals surface area contributed by atoms with E-state index in [0.29, 0.717) is 17.0 Å². The number of ether oxygens (including phenoxy) is 2. The van der Waals surface area contributed by atoms with E-state index in [1.807, 2.05) is 0 Å². The number of carbonyl (C=O) groups is 1. The first kappa shape index (κ1) is 17.7. The number of phenols is 1. The Morgan fingerprint density at radius 2 is 2.00 bits per heavy atom. The first-order valence-corrected chi connectivity index (χ1v) is 9.54. The molecule has 4 rings (SSSR count). The van der Waals surface area contributed by atoms with Crippen molar-refractivity contribution in [3.8, 4) is 11.5 Å². The molecule has 2 aliphatic carbocycles. The molecular formula is C21H28O5. The van der Waals surface area contributed by atoms with Gasteiger partial charge in [-0.1, -0.05) is 27.2 Å². The highest BCUT2D eigenvalue weighted by molar-refractivity contribution is 5.98. The number of phenolic OH excluding ortho intramolecular Hbond substituents is 1. The van der Waals surface area contributed by atoms with E-state index in [2.05, 4.69) is 20.8 Å². The summed E-state index contributed by atoms with van der Waals surface area (Å²) >= 11 is 0. The molecule has 1 aromatic carbocycles. The molecule has 1 aliphatic heterocycles. The molecule has 5 heteroatoms. The average molecular weight is 360 g/mol. The molecule has 1 aromatic rings. The van der Waals surface area contributed by atoms with E-state index in [1.165, 1.54) is 13.5 Å². The first-order valence-electron chi connectivity index (χ1n) is 9.54. The molecule has 2 N–H and O–H groups in total. The molecular weight excluding hydrogens is 332 g/mol. The van der Waals surface area contributed by atoms with Crippen LogP contribution in [0.1, 0.15) is 79.6 Å². The number of aliphatic hydroxyl groups is 1. The SMILES string of the molecule is COc1c(O)c2c(c3c1[C@@H](CO)OC3=O)CC[C@H]1C(C)(C)CCC[C@]21C. The third kappa shape index (κ3) is 2.10. The summed E-state index contributed by atoms with van der Waals surface area (Å²) in [4.78, 5) is 12.6. The molecule has 0 bridgehead atoms. The fourth-order valence-corrected chi connectivity index (χ4v) is 6.19. The van der Waals surface area contributed by atoms with Gasteiger partial charge in [-0.2, -0.15) is 0 Å². The molecule has 26 heavy (non-hydrogen) atoms. The highest BCUT2D eigenvalue weighted by Crippen LogP contribution is 2.62. The molecule has 5 nitrogen and oxygen atoms in total. The van der Waals surface area contributed by atoms with Crippen LogP contribution in [0, 0.1) is 11.3 Å². The summed E-state index contributed by atoms with van der Waals surface area (Å²) in [5.41, 5.74) is 2.78. The fraction of sp³-hybridized carbons (Fsp3) is 0.667. The summed E-state index contributed by atoms with van der Waals surface area (Å²) in [6, 6.07) is 0. The predicted molar refractivity (Wildman–Crippen MR) is 96.7 cm³/mol. The second-order valence-corrected chi connectivity index (χ2v) is 8.95. The van der Waals surface area contributed by atoms with Crippen molar-refractivity contribution in [2.75, 3.05) is 13.7 Å². The van der Waals surface area contributed by atoms with Crippen molar-refractivity contribution in [1.82, 2.24) is 0 Å². The topological polar surface area (TPSA) is 76.0 Å². The molecule has 142 valence electrons. The Hall–Kier alpha value is -1.75. The van der Waals surface area contributed by atoms with Gasteiger partial charge in [0, 0.05) is 5.56 Å². The number of carbonyl (C=O) groups excluding carboxylic acids is 1. The van der Waals surface area contributed by atoms with Gasteiger partial charge in [0.2, 0.25) is 0 Å². The van der Waals surface area contributed by atoms with Gasteiger partial charge < -0.3 is 19.7 Å². The number of hydrogen-bond donors (Lipinski definition) is 2. The summed E-state index contributed by atoms with van der Waals surface area (Å²) in [7, 11) is 1.49. The molecule has 1 heterocycles. The normalized spacial score (nSPS) is 31.7. The molecule has 3 atom stereocenters. The zero-order valence-corrected chi connectivity index (χ0v) is 16.0. The van der Waals surface area contributed by atoms with Crippen LogP contribution in [0.15, 0.2) is 0 Å². The Bertz CT molecular complexity index is 781. The summed E-state index contributed by atoms with van der Waals surface area (Å²) in [6.45, 7) is 6.54. The van der Waals surface area contributed by atoms with Crippen molar-refractivity contribution < 1.29 is 24.5 Å². The Labute approximate surface area is 154 Å². The van der Waals surface area contributed by atoms with Crippen molar-refractivity contribution in [2.24, 2.45) is 11.3 Å². The number of esters is 1. The van der Waals surface area contributed by atoms with Crippen molar-refractivity contribution in [3.63, 3.8) is 0 Å². The number of methoxy groups -OCH3 is 1. The van der Waals surface area contributed by atoms with E-state index in [9.17, 15) is 15.0 Å². The standard InChI is InChI=1S/C21H28O5/c1-20(2)8-5-9-21(3)13(20)7-6-11-14-15(12(10-22)26-19(14)24)18(25-4)17(23)16(11)21/h12-13,22-23H,5-10H2,1-4H3/t12-,13+,21+/m1/s1. The predicted octanol–water partition coefficient (Wildman–Crippen LogP) is 3.63. The molecule has 1 fully saturated rings.